The lowest BCUT2D eigenvalue weighted by molar-refractivity contribution is -0.139. The number of rotatable bonds is 7. The van der Waals surface area contributed by atoms with Crippen molar-refractivity contribution >= 4 is 23.7 Å². The highest BCUT2D eigenvalue weighted by Crippen LogP contribution is 2.44. The Bertz CT molecular complexity index is 1210. The Morgan fingerprint density at radius 2 is 1.62 bits per heavy atom. The van der Waals surface area contributed by atoms with Gasteiger partial charge in [-0.25, -0.2) is 9.18 Å². The second-order valence-corrected chi connectivity index (χ2v) is 8.07. The van der Waals surface area contributed by atoms with Crippen molar-refractivity contribution in [3.8, 4) is 11.1 Å². The molecule has 0 bridgehead atoms. The number of alkyl carbamates (subject to hydrolysis) is 1. The van der Waals surface area contributed by atoms with E-state index in [4.69, 9.17) is 4.74 Å². The third-order valence-electron chi connectivity index (χ3n) is 5.76. The van der Waals surface area contributed by atoms with Gasteiger partial charge in [0.1, 0.15) is 18.5 Å². The molecule has 1 aliphatic carbocycles. The van der Waals surface area contributed by atoms with Crippen LogP contribution in [-0.4, -0.2) is 35.7 Å². The Kier molecular flexibility index (Phi) is 6.58. The van der Waals surface area contributed by atoms with Crippen LogP contribution < -0.4 is 10.6 Å². The van der Waals surface area contributed by atoms with Gasteiger partial charge < -0.3 is 20.5 Å². The average Bonchev–Trinajstić information content (AvgIpc) is 3.13. The van der Waals surface area contributed by atoms with E-state index in [1.165, 1.54) is 25.1 Å². The molecule has 3 N–H and O–H groups in total. The highest BCUT2D eigenvalue weighted by molar-refractivity contribution is 5.98. The number of aliphatic carboxylic acids is 1. The first-order valence-corrected chi connectivity index (χ1v) is 10.7. The predicted octanol–water partition coefficient (Wildman–Crippen LogP) is 4.45. The number of carboxylic acid groups (broad SMARTS) is 1. The fraction of sp³-hybridized carbons (Fsp3) is 0.192. The van der Waals surface area contributed by atoms with Crippen molar-refractivity contribution in [1.82, 2.24) is 5.32 Å². The largest absolute Gasteiger partial charge is 0.481 e. The van der Waals surface area contributed by atoms with E-state index in [1.54, 1.807) is 0 Å². The normalized spacial score (nSPS) is 12.9. The molecule has 7 nitrogen and oxygen atoms in total. The third kappa shape index (κ3) is 4.91. The summed E-state index contributed by atoms with van der Waals surface area (Å²) in [6.45, 7) is 1.56. The third-order valence-corrected chi connectivity index (χ3v) is 5.76. The smallest absolute Gasteiger partial charge is 0.407 e. The Balaban J connectivity index is 1.43. The SMILES string of the molecule is Cc1cc(NC(=O)C(CC(=O)O)NC(=O)OCC2c3ccccc3-c3ccccc32)ccc1F. The van der Waals surface area contributed by atoms with Gasteiger partial charge in [0.05, 0.1) is 6.42 Å². The zero-order valence-corrected chi connectivity index (χ0v) is 18.4. The van der Waals surface area contributed by atoms with Gasteiger partial charge in [-0.05, 0) is 52.9 Å². The van der Waals surface area contributed by atoms with E-state index in [2.05, 4.69) is 10.6 Å². The fourth-order valence-corrected chi connectivity index (χ4v) is 4.12. The molecule has 0 saturated carbocycles. The average molecular weight is 462 g/mol. The highest BCUT2D eigenvalue weighted by atomic mass is 19.1. The molecular formula is C26H23FN2O5. The molecule has 1 unspecified atom stereocenters. The van der Waals surface area contributed by atoms with Crippen LogP contribution >= 0.6 is 0 Å². The van der Waals surface area contributed by atoms with Gasteiger partial charge in [-0.15, -0.1) is 0 Å². The van der Waals surface area contributed by atoms with E-state index >= 15 is 0 Å². The van der Waals surface area contributed by atoms with Crippen LogP contribution in [0.15, 0.2) is 66.7 Å². The summed E-state index contributed by atoms with van der Waals surface area (Å²) < 4.78 is 18.9. The molecule has 0 saturated heterocycles. The van der Waals surface area contributed by atoms with Crippen LogP contribution in [0, 0.1) is 12.7 Å². The molecule has 0 spiro atoms. The minimum atomic E-state index is -1.38. The van der Waals surface area contributed by atoms with Crippen LogP contribution in [0.5, 0.6) is 0 Å². The topological polar surface area (TPSA) is 105 Å². The predicted molar refractivity (Wildman–Crippen MR) is 124 cm³/mol. The molecule has 1 atom stereocenters. The number of aryl methyl sites for hydroxylation is 1. The Labute approximate surface area is 195 Å². The van der Waals surface area contributed by atoms with E-state index in [9.17, 15) is 23.9 Å². The number of carbonyl (C=O) groups excluding carboxylic acids is 2. The van der Waals surface area contributed by atoms with Gasteiger partial charge in [-0.3, -0.25) is 9.59 Å². The number of carbonyl (C=O) groups is 3. The summed E-state index contributed by atoms with van der Waals surface area (Å²) in [7, 11) is 0. The zero-order chi connectivity index (χ0) is 24.2. The van der Waals surface area contributed by atoms with Crippen molar-refractivity contribution in [3.05, 3.63) is 89.2 Å². The molecule has 3 aromatic rings. The maximum atomic E-state index is 13.5. The minimum absolute atomic E-state index is 0.0262. The summed E-state index contributed by atoms with van der Waals surface area (Å²) >= 11 is 0. The van der Waals surface area contributed by atoms with Crippen molar-refractivity contribution < 1.29 is 28.6 Å². The van der Waals surface area contributed by atoms with E-state index in [0.717, 1.165) is 22.3 Å². The first kappa shape index (κ1) is 23.0. The van der Waals surface area contributed by atoms with Crippen LogP contribution in [0.1, 0.15) is 29.0 Å². The monoisotopic (exact) mass is 462 g/mol. The van der Waals surface area contributed by atoms with E-state index in [0.29, 0.717) is 5.56 Å². The summed E-state index contributed by atoms with van der Waals surface area (Å²) in [6, 6.07) is 18.3. The van der Waals surface area contributed by atoms with Crippen LogP contribution in [0.3, 0.4) is 0 Å². The molecule has 8 heteroatoms. The van der Waals surface area contributed by atoms with E-state index in [1.807, 2.05) is 48.5 Å². The number of fused-ring (bicyclic) bond motifs is 3. The summed E-state index contributed by atoms with van der Waals surface area (Å²) in [5.41, 5.74) is 4.81. The van der Waals surface area contributed by atoms with Gasteiger partial charge in [-0.2, -0.15) is 0 Å². The van der Waals surface area contributed by atoms with Crippen molar-refractivity contribution in [1.29, 1.82) is 0 Å². The number of hydrogen-bond donors (Lipinski definition) is 3. The van der Waals surface area contributed by atoms with Gasteiger partial charge in [0.25, 0.3) is 0 Å². The lowest BCUT2D eigenvalue weighted by atomic mass is 9.98. The quantitative estimate of drug-likeness (QED) is 0.481. The van der Waals surface area contributed by atoms with E-state index in [-0.39, 0.29) is 18.2 Å². The molecular weight excluding hydrogens is 439 g/mol. The van der Waals surface area contributed by atoms with Gasteiger partial charge >= 0.3 is 12.1 Å². The second kappa shape index (κ2) is 9.74. The number of carboxylic acids is 1. The summed E-state index contributed by atoms with van der Waals surface area (Å²) in [5, 5.41) is 14.0. The van der Waals surface area contributed by atoms with Crippen LogP contribution in [0.2, 0.25) is 0 Å². The molecule has 0 aromatic heterocycles. The standard InChI is InChI=1S/C26H23FN2O5/c1-15-12-16(10-11-22(15)27)28-25(32)23(13-24(30)31)29-26(33)34-14-21-19-8-4-2-6-17(19)18-7-3-5-9-20(18)21/h2-12,21,23H,13-14H2,1H3,(H,28,32)(H,29,33)(H,30,31). The van der Waals surface area contributed by atoms with E-state index < -0.39 is 36.2 Å². The first-order chi connectivity index (χ1) is 16.3. The molecule has 3 aromatic carbocycles. The summed E-state index contributed by atoms with van der Waals surface area (Å²) in [6.07, 6.45) is -1.55. The number of hydrogen-bond acceptors (Lipinski definition) is 4. The number of anilines is 1. The molecule has 1 aliphatic rings. The van der Waals surface area contributed by atoms with Crippen LogP contribution in [0.25, 0.3) is 11.1 Å². The molecule has 34 heavy (non-hydrogen) atoms. The lowest BCUT2D eigenvalue weighted by Gasteiger charge is -2.19. The molecule has 0 aliphatic heterocycles. The highest BCUT2D eigenvalue weighted by Gasteiger charge is 2.30. The van der Waals surface area contributed by atoms with Crippen molar-refractivity contribution in [2.75, 3.05) is 11.9 Å². The van der Waals surface area contributed by atoms with Gasteiger partial charge in [0, 0.05) is 11.6 Å². The number of ether oxygens (including phenoxy) is 1. The number of halogens is 1. The van der Waals surface area contributed by atoms with Gasteiger partial charge in [-0.1, -0.05) is 48.5 Å². The molecule has 2 amide bonds. The van der Waals surface area contributed by atoms with Crippen molar-refractivity contribution in [3.63, 3.8) is 0 Å². The fourth-order valence-electron chi connectivity index (χ4n) is 4.12. The maximum Gasteiger partial charge on any atom is 0.407 e. The number of nitrogens with one attached hydrogen (secondary N) is 2. The second-order valence-electron chi connectivity index (χ2n) is 8.07. The lowest BCUT2D eigenvalue weighted by Crippen LogP contribution is -2.45. The Morgan fingerprint density at radius 1 is 1.00 bits per heavy atom. The van der Waals surface area contributed by atoms with Crippen LogP contribution in [0.4, 0.5) is 14.9 Å². The molecule has 0 fully saturated rings. The molecule has 0 heterocycles. The number of benzene rings is 3. The molecule has 4 rings (SSSR count). The molecule has 174 valence electrons. The molecule has 0 radical (unpaired) electrons. The Morgan fingerprint density at radius 3 is 2.21 bits per heavy atom. The van der Waals surface area contributed by atoms with Gasteiger partial charge in [0.2, 0.25) is 5.91 Å². The van der Waals surface area contributed by atoms with Crippen LogP contribution in [-0.2, 0) is 14.3 Å². The van der Waals surface area contributed by atoms with Crippen molar-refractivity contribution in [2.45, 2.75) is 25.3 Å². The van der Waals surface area contributed by atoms with Crippen molar-refractivity contribution in [2.24, 2.45) is 0 Å². The summed E-state index contributed by atoms with van der Waals surface area (Å²) in [5.74, 6) is -2.62. The first-order valence-electron chi connectivity index (χ1n) is 10.7. The minimum Gasteiger partial charge on any atom is -0.481 e. The zero-order valence-electron chi connectivity index (χ0n) is 18.4. The summed E-state index contributed by atoms with van der Waals surface area (Å²) in [4.78, 5) is 36.4. The maximum absolute atomic E-state index is 13.5. The Hall–Kier alpha value is -4.20. The van der Waals surface area contributed by atoms with Gasteiger partial charge in [0.15, 0.2) is 0 Å². The number of amides is 2.